The third-order valence-corrected chi connectivity index (χ3v) is 5.00. The summed E-state index contributed by atoms with van der Waals surface area (Å²) in [5.74, 6) is 1.03. The molecule has 30 heavy (non-hydrogen) atoms. The van der Waals surface area contributed by atoms with E-state index in [4.69, 9.17) is 0 Å². The molecule has 0 saturated heterocycles. The highest BCUT2D eigenvalue weighted by Gasteiger charge is 2.20. The van der Waals surface area contributed by atoms with Crippen LogP contribution in [0.15, 0.2) is 48.9 Å². The predicted octanol–water partition coefficient (Wildman–Crippen LogP) is 4.51. The summed E-state index contributed by atoms with van der Waals surface area (Å²) in [5, 5.41) is 5.48. The normalized spacial score (nSPS) is 12.7. The Morgan fingerprint density at radius 1 is 1.13 bits per heavy atom. The zero-order valence-electron chi connectivity index (χ0n) is 17.5. The summed E-state index contributed by atoms with van der Waals surface area (Å²) >= 11 is 0. The molecule has 0 saturated carbocycles. The van der Waals surface area contributed by atoms with Crippen LogP contribution in [0.1, 0.15) is 25.1 Å². The number of nitrogens with zero attached hydrogens (tertiary/aromatic N) is 4. The minimum Gasteiger partial charge on any atom is -0.371 e. The second kappa shape index (κ2) is 8.49. The maximum atomic E-state index is 12.3. The molecule has 1 aromatic carbocycles. The van der Waals surface area contributed by atoms with Gasteiger partial charge in [0.1, 0.15) is 0 Å². The molecular formula is C23H26N6O. The van der Waals surface area contributed by atoms with E-state index >= 15 is 0 Å². The Morgan fingerprint density at radius 3 is 2.77 bits per heavy atom. The van der Waals surface area contributed by atoms with Crippen LogP contribution in [0.5, 0.6) is 0 Å². The first kappa shape index (κ1) is 19.8. The van der Waals surface area contributed by atoms with Gasteiger partial charge >= 0.3 is 6.03 Å². The van der Waals surface area contributed by atoms with E-state index in [0.717, 1.165) is 36.5 Å². The zero-order chi connectivity index (χ0) is 21.1. The maximum absolute atomic E-state index is 12.3. The van der Waals surface area contributed by atoms with Gasteiger partial charge in [0, 0.05) is 30.0 Å². The van der Waals surface area contributed by atoms with Crippen LogP contribution in [0.2, 0.25) is 0 Å². The fourth-order valence-corrected chi connectivity index (χ4v) is 3.65. The number of carbonyl (C=O) groups excluding carboxylic acids is 1. The number of urea groups is 1. The minimum atomic E-state index is -0.384. The molecule has 7 nitrogen and oxygen atoms in total. The lowest BCUT2D eigenvalue weighted by Crippen LogP contribution is -2.25. The first-order valence-corrected chi connectivity index (χ1v) is 10.2. The quantitative estimate of drug-likeness (QED) is 0.656. The molecule has 2 N–H and O–H groups in total. The molecule has 4 rings (SSSR count). The number of rotatable bonds is 5. The van der Waals surface area contributed by atoms with E-state index in [9.17, 15) is 4.79 Å². The highest BCUT2D eigenvalue weighted by molar-refractivity contribution is 5.99. The van der Waals surface area contributed by atoms with E-state index in [1.165, 1.54) is 17.4 Å². The smallest absolute Gasteiger partial charge is 0.324 e. The number of carbonyl (C=O) groups is 1. The summed E-state index contributed by atoms with van der Waals surface area (Å²) < 4.78 is 0. The summed E-state index contributed by atoms with van der Waals surface area (Å²) in [5.41, 5.74) is 5.88. The van der Waals surface area contributed by atoms with E-state index in [0.29, 0.717) is 17.4 Å². The maximum Gasteiger partial charge on any atom is 0.324 e. The van der Waals surface area contributed by atoms with Crippen LogP contribution in [0.3, 0.4) is 0 Å². The molecule has 0 fully saturated rings. The van der Waals surface area contributed by atoms with Gasteiger partial charge in [-0.25, -0.2) is 9.78 Å². The summed E-state index contributed by atoms with van der Waals surface area (Å²) in [4.78, 5) is 27.7. The van der Waals surface area contributed by atoms with Crippen LogP contribution in [-0.2, 0) is 6.42 Å². The number of hydrogen-bond acceptors (Lipinski definition) is 5. The van der Waals surface area contributed by atoms with Crippen LogP contribution >= 0.6 is 0 Å². The number of anilines is 3. The molecule has 0 aliphatic carbocycles. The fourth-order valence-electron chi connectivity index (χ4n) is 3.65. The Hall–Kier alpha value is -3.48. The molecule has 1 aliphatic rings. The lowest BCUT2D eigenvalue weighted by Gasteiger charge is -2.21. The van der Waals surface area contributed by atoms with Crippen molar-refractivity contribution in [2.45, 2.75) is 27.2 Å². The summed E-state index contributed by atoms with van der Waals surface area (Å²) in [6.07, 6.45) is 5.90. The van der Waals surface area contributed by atoms with E-state index < -0.39 is 0 Å². The zero-order valence-corrected chi connectivity index (χ0v) is 17.5. The molecular weight excluding hydrogens is 376 g/mol. The molecule has 7 heteroatoms. The van der Waals surface area contributed by atoms with Gasteiger partial charge in [0.05, 0.1) is 30.0 Å². The van der Waals surface area contributed by atoms with Crippen LogP contribution < -0.4 is 15.5 Å². The second-order valence-electron chi connectivity index (χ2n) is 7.99. The van der Waals surface area contributed by atoms with Gasteiger partial charge in [-0.05, 0) is 49.1 Å². The van der Waals surface area contributed by atoms with Crippen LogP contribution in [0.25, 0.3) is 11.3 Å². The van der Waals surface area contributed by atoms with Crippen molar-refractivity contribution in [3.8, 4) is 11.3 Å². The van der Waals surface area contributed by atoms with Crippen LogP contribution in [0, 0.1) is 12.8 Å². The molecule has 3 aromatic rings. The van der Waals surface area contributed by atoms with Gasteiger partial charge in [0.15, 0.2) is 5.82 Å². The number of hydrogen-bond donors (Lipinski definition) is 2. The van der Waals surface area contributed by atoms with Crippen molar-refractivity contribution in [3.05, 3.63) is 60.2 Å². The Kier molecular flexibility index (Phi) is 5.61. The van der Waals surface area contributed by atoms with Crippen LogP contribution in [0.4, 0.5) is 22.0 Å². The molecule has 0 unspecified atom stereocenters. The van der Waals surface area contributed by atoms with Crippen molar-refractivity contribution in [2.75, 3.05) is 28.6 Å². The van der Waals surface area contributed by atoms with Gasteiger partial charge in [-0.15, -0.1) is 0 Å². The molecule has 0 radical (unpaired) electrons. The fraction of sp³-hybridized carbons (Fsp3) is 0.304. The molecule has 0 spiro atoms. The number of amides is 2. The Labute approximate surface area is 176 Å². The topological polar surface area (TPSA) is 83.0 Å². The monoisotopic (exact) mass is 402 g/mol. The van der Waals surface area contributed by atoms with Crippen LogP contribution in [-0.4, -0.2) is 34.1 Å². The Bertz CT molecular complexity index is 1050. The third-order valence-electron chi connectivity index (χ3n) is 5.00. The van der Waals surface area contributed by atoms with Gasteiger partial charge in [0.2, 0.25) is 0 Å². The van der Waals surface area contributed by atoms with Crippen molar-refractivity contribution in [1.29, 1.82) is 0 Å². The van der Waals surface area contributed by atoms with Gasteiger partial charge in [0.25, 0.3) is 0 Å². The van der Waals surface area contributed by atoms with Gasteiger partial charge in [-0.3, -0.25) is 15.3 Å². The van der Waals surface area contributed by atoms with E-state index in [2.05, 4.69) is 62.5 Å². The highest BCUT2D eigenvalue weighted by Crippen LogP contribution is 2.32. The van der Waals surface area contributed by atoms with Crippen molar-refractivity contribution in [1.82, 2.24) is 15.0 Å². The van der Waals surface area contributed by atoms with Crippen molar-refractivity contribution in [2.24, 2.45) is 5.92 Å². The molecule has 3 heterocycles. The Balaban J connectivity index is 1.47. The summed E-state index contributed by atoms with van der Waals surface area (Å²) in [7, 11) is 0. The highest BCUT2D eigenvalue weighted by atomic mass is 16.2. The molecule has 0 atom stereocenters. The third kappa shape index (κ3) is 4.56. The number of aromatic nitrogens is 3. The van der Waals surface area contributed by atoms with Crippen molar-refractivity contribution in [3.63, 3.8) is 0 Å². The first-order chi connectivity index (χ1) is 14.5. The van der Waals surface area contributed by atoms with E-state index in [1.807, 2.05) is 13.0 Å². The first-order valence-electron chi connectivity index (χ1n) is 10.2. The second-order valence-corrected chi connectivity index (χ2v) is 7.99. The molecule has 2 aromatic heterocycles. The number of fused-ring (bicyclic) bond motifs is 1. The number of aryl methyl sites for hydroxylation is 1. The van der Waals surface area contributed by atoms with Gasteiger partial charge < -0.3 is 10.2 Å². The molecule has 1 aliphatic heterocycles. The summed E-state index contributed by atoms with van der Waals surface area (Å²) in [6, 6.07) is 9.68. The molecule has 2 amide bonds. The number of benzene rings is 1. The van der Waals surface area contributed by atoms with Crippen molar-refractivity contribution < 1.29 is 4.79 Å². The SMILES string of the molecule is Cc1ccc(NC(=O)Nc2cncc(-c3ccc4c(c3)CCN4CC(C)C)n2)cn1. The number of pyridine rings is 1. The lowest BCUT2D eigenvalue weighted by atomic mass is 10.1. The lowest BCUT2D eigenvalue weighted by molar-refractivity contribution is 0.262. The van der Waals surface area contributed by atoms with Crippen molar-refractivity contribution >= 4 is 23.2 Å². The average Bonchev–Trinajstić information content (AvgIpc) is 3.11. The van der Waals surface area contributed by atoms with E-state index in [-0.39, 0.29) is 6.03 Å². The Morgan fingerprint density at radius 2 is 2.00 bits per heavy atom. The summed E-state index contributed by atoms with van der Waals surface area (Å²) in [6.45, 7) is 8.50. The molecule has 0 bridgehead atoms. The van der Waals surface area contributed by atoms with Gasteiger partial charge in [-0.1, -0.05) is 19.9 Å². The standard InChI is InChI=1S/C23H26N6O/c1-15(2)14-29-9-8-18-10-17(5-7-21(18)29)20-12-24-13-22(27-20)28-23(30)26-19-6-4-16(3)25-11-19/h4-7,10-13,15H,8-9,14H2,1-3H3,(H2,26,27,28,30). The van der Waals surface area contributed by atoms with E-state index in [1.54, 1.807) is 18.5 Å². The number of nitrogens with one attached hydrogen (secondary N) is 2. The molecule has 154 valence electrons. The van der Waals surface area contributed by atoms with Gasteiger partial charge in [-0.2, -0.15) is 0 Å². The average molecular weight is 403 g/mol. The largest absolute Gasteiger partial charge is 0.371 e. The minimum absolute atomic E-state index is 0.384. The predicted molar refractivity (Wildman–Crippen MR) is 120 cm³/mol.